The highest BCUT2D eigenvalue weighted by Gasteiger charge is 2.39. The lowest BCUT2D eigenvalue weighted by Gasteiger charge is -2.42. The van der Waals surface area contributed by atoms with E-state index in [1.54, 1.807) is 0 Å². The second-order valence-corrected chi connectivity index (χ2v) is 5.23. The number of hydrogen-bond acceptors (Lipinski definition) is 3. The number of fused-ring (bicyclic) bond motifs is 1. The molecule has 1 fully saturated rings. The Labute approximate surface area is 106 Å². The van der Waals surface area contributed by atoms with Crippen LogP contribution in [0.25, 0.3) is 10.9 Å². The van der Waals surface area contributed by atoms with Crippen molar-refractivity contribution in [2.24, 2.45) is 5.41 Å². The number of benzene rings is 1. The number of aromatic nitrogens is 1. The molecule has 1 saturated heterocycles. The van der Waals surface area contributed by atoms with Gasteiger partial charge in [0.25, 0.3) is 0 Å². The van der Waals surface area contributed by atoms with Gasteiger partial charge in [0.1, 0.15) is 0 Å². The third kappa shape index (κ3) is 1.78. The molecule has 2 N–H and O–H groups in total. The predicted octanol–water partition coefficient (Wildman–Crippen LogP) is 1.61. The van der Waals surface area contributed by atoms with Crippen LogP contribution in [0.15, 0.2) is 30.5 Å². The molecular formula is C14H18N2O2. The van der Waals surface area contributed by atoms with Crippen LogP contribution in [0, 0.1) is 5.41 Å². The van der Waals surface area contributed by atoms with Crippen LogP contribution in [0.2, 0.25) is 0 Å². The van der Waals surface area contributed by atoms with Gasteiger partial charge in [-0.3, -0.25) is 0 Å². The molecule has 1 aromatic heterocycles. The zero-order valence-electron chi connectivity index (χ0n) is 10.5. The third-order valence-corrected chi connectivity index (χ3v) is 3.70. The molecule has 96 valence electrons. The molecule has 0 bridgehead atoms. The lowest BCUT2D eigenvalue weighted by molar-refractivity contribution is -0.130. The third-order valence-electron chi connectivity index (χ3n) is 3.70. The van der Waals surface area contributed by atoms with Crippen LogP contribution in [-0.2, 0) is 4.74 Å². The van der Waals surface area contributed by atoms with Crippen molar-refractivity contribution >= 4 is 16.6 Å². The minimum absolute atomic E-state index is 0.0902. The number of aliphatic hydroxyl groups excluding tert-OH is 1. The topological polar surface area (TPSA) is 48.5 Å². The fraction of sp³-hybridized carbons (Fsp3) is 0.429. The Bertz CT molecular complexity index is 540. The predicted molar refractivity (Wildman–Crippen MR) is 71.9 cm³/mol. The molecule has 0 amide bonds. The van der Waals surface area contributed by atoms with Gasteiger partial charge in [0.05, 0.1) is 30.9 Å². The van der Waals surface area contributed by atoms with E-state index < -0.39 is 0 Å². The Morgan fingerprint density at radius 3 is 2.83 bits per heavy atom. The Morgan fingerprint density at radius 2 is 2.17 bits per heavy atom. The zero-order valence-corrected chi connectivity index (χ0v) is 10.5. The van der Waals surface area contributed by atoms with Gasteiger partial charge in [-0.05, 0) is 6.07 Å². The highest BCUT2D eigenvalue weighted by atomic mass is 16.5. The largest absolute Gasteiger partial charge is 0.396 e. The number of aliphatic hydroxyl groups is 1. The van der Waals surface area contributed by atoms with Gasteiger partial charge in [0.15, 0.2) is 0 Å². The van der Waals surface area contributed by atoms with Crippen molar-refractivity contribution in [3.05, 3.63) is 30.5 Å². The van der Waals surface area contributed by atoms with Crippen molar-refractivity contribution < 1.29 is 9.84 Å². The lowest BCUT2D eigenvalue weighted by Crippen LogP contribution is -2.52. The number of aromatic amines is 1. The van der Waals surface area contributed by atoms with Crippen molar-refractivity contribution in [1.82, 2.24) is 4.98 Å². The van der Waals surface area contributed by atoms with Crippen LogP contribution in [-0.4, -0.2) is 43.5 Å². The van der Waals surface area contributed by atoms with E-state index in [0.29, 0.717) is 13.2 Å². The number of nitrogens with zero attached hydrogens (tertiary/aromatic N) is 1. The molecule has 4 heteroatoms. The number of anilines is 1. The number of hydrogen-bond donors (Lipinski definition) is 2. The summed E-state index contributed by atoms with van der Waals surface area (Å²) in [6, 6.07) is 8.25. The summed E-state index contributed by atoms with van der Waals surface area (Å²) >= 11 is 0. The van der Waals surface area contributed by atoms with E-state index >= 15 is 0 Å². The minimum Gasteiger partial charge on any atom is -0.396 e. The Kier molecular flexibility index (Phi) is 2.76. The van der Waals surface area contributed by atoms with Crippen molar-refractivity contribution in [3.8, 4) is 0 Å². The van der Waals surface area contributed by atoms with Crippen molar-refractivity contribution in [1.29, 1.82) is 0 Å². The molecule has 1 aromatic carbocycles. The van der Waals surface area contributed by atoms with Crippen LogP contribution in [0.3, 0.4) is 0 Å². The molecule has 1 aliphatic rings. The number of ether oxygens (including phenoxy) is 1. The van der Waals surface area contributed by atoms with Gasteiger partial charge < -0.3 is 19.7 Å². The summed E-state index contributed by atoms with van der Waals surface area (Å²) in [5.74, 6) is 0. The molecular weight excluding hydrogens is 228 g/mol. The molecule has 0 spiro atoms. The molecule has 0 unspecified atom stereocenters. The van der Waals surface area contributed by atoms with E-state index in [9.17, 15) is 5.11 Å². The first kappa shape index (κ1) is 11.6. The number of nitrogens with one attached hydrogen (secondary N) is 1. The molecule has 4 nitrogen and oxygen atoms in total. The smallest absolute Gasteiger partial charge is 0.0621 e. The van der Waals surface area contributed by atoms with E-state index in [2.05, 4.69) is 29.1 Å². The monoisotopic (exact) mass is 246 g/mol. The molecule has 0 radical (unpaired) electrons. The van der Waals surface area contributed by atoms with Gasteiger partial charge in [-0.2, -0.15) is 0 Å². The number of H-pyrrole nitrogens is 1. The standard InChI is InChI=1S/C14H18N2O2/c1-16(7-14(8-17)9-18-10-14)13-6-15-12-5-3-2-4-11(12)13/h2-6,15,17H,7-10H2,1H3. The summed E-state index contributed by atoms with van der Waals surface area (Å²) in [5, 5.41) is 10.7. The summed E-state index contributed by atoms with van der Waals surface area (Å²) in [6.07, 6.45) is 2.02. The van der Waals surface area contributed by atoms with Gasteiger partial charge in [0, 0.05) is 30.7 Å². The van der Waals surface area contributed by atoms with Crippen LogP contribution in [0.1, 0.15) is 0 Å². The molecule has 0 saturated carbocycles. The minimum atomic E-state index is -0.0902. The fourth-order valence-electron chi connectivity index (χ4n) is 2.58. The Hall–Kier alpha value is -1.52. The lowest BCUT2D eigenvalue weighted by atomic mass is 9.86. The average molecular weight is 246 g/mol. The van der Waals surface area contributed by atoms with Gasteiger partial charge in [-0.1, -0.05) is 18.2 Å². The Morgan fingerprint density at radius 1 is 1.39 bits per heavy atom. The first-order valence-corrected chi connectivity index (χ1v) is 6.20. The summed E-state index contributed by atoms with van der Waals surface area (Å²) in [6.45, 7) is 2.29. The van der Waals surface area contributed by atoms with E-state index in [0.717, 1.165) is 12.1 Å². The van der Waals surface area contributed by atoms with Gasteiger partial charge in [-0.15, -0.1) is 0 Å². The van der Waals surface area contributed by atoms with Crippen molar-refractivity contribution in [2.45, 2.75) is 0 Å². The van der Waals surface area contributed by atoms with E-state index in [1.165, 1.54) is 11.1 Å². The number of para-hydroxylation sites is 1. The second-order valence-electron chi connectivity index (χ2n) is 5.23. The van der Waals surface area contributed by atoms with Gasteiger partial charge in [0.2, 0.25) is 0 Å². The SMILES string of the molecule is CN(CC1(CO)COC1)c1c[nH]c2ccccc12. The first-order valence-electron chi connectivity index (χ1n) is 6.20. The van der Waals surface area contributed by atoms with Crippen molar-refractivity contribution in [2.75, 3.05) is 38.3 Å². The van der Waals surface area contributed by atoms with Crippen LogP contribution in [0.4, 0.5) is 5.69 Å². The fourth-order valence-corrected chi connectivity index (χ4v) is 2.58. The summed E-state index contributed by atoms with van der Waals surface area (Å²) < 4.78 is 5.24. The van der Waals surface area contributed by atoms with Crippen LogP contribution >= 0.6 is 0 Å². The van der Waals surface area contributed by atoms with Crippen LogP contribution in [0.5, 0.6) is 0 Å². The molecule has 2 heterocycles. The molecule has 3 rings (SSSR count). The molecule has 0 aliphatic carbocycles. The molecule has 1 aliphatic heterocycles. The summed E-state index contributed by atoms with van der Waals surface area (Å²) in [4.78, 5) is 5.47. The van der Waals surface area contributed by atoms with E-state index in [-0.39, 0.29) is 12.0 Å². The van der Waals surface area contributed by atoms with E-state index in [1.807, 2.05) is 18.3 Å². The van der Waals surface area contributed by atoms with E-state index in [4.69, 9.17) is 4.74 Å². The molecule has 2 aromatic rings. The first-order chi connectivity index (χ1) is 8.74. The zero-order chi connectivity index (χ0) is 12.6. The normalized spacial score (nSPS) is 17.7. The Balaban J connectivity index is 1.85. The van der Waals surface area contributed by atoms with Crippen LogP contribution < -0.4 is 4.90 Å². The quantitative estimate of drug-likeness (QED) is 0.861. The van der Waals surface area contributed by atoms with Crippen molar-refractivity contribution in [3.63, 3.8) is 0 Å². The summed E-state index contributed by atoms with van der Waals surface area (Å²) in [5.41, 5.74) is 2.22. The highest BCUT2D eigenvalue weighted by Crippen LogP contribution is 2.32. The molecule has 18 heavy (non-hydrogen) atoms. The van der Waals surface area contributed by atoms with Gasteiger partial charge >= 0.3 is 0 Å². The molecule has 0 atom stereocenters. The maximum absolute atomic E-state index is 9.48. The number of rotatable bonds is 4. The average Bonchev–Trinajstić information content (AvgIpc) is 2.77. The van der Waals surface area contributed by atoms with Gasteiger partial charge in [-0.25, -0.2) is 0 Å². The second kappa shape index (κ2) is 4.30. The maximum Gasteiger partial charge on any atom is 0.0621 e. The maximum atomic E-state index is 9.48. The highest BCUT2D eigenvalue weighted by molar-refractivity contribution is 5.92. The summed E-state index contributed by atoms with van der Waals surface area (Å²) in [7, 11) is 2.06.